The van der Waals surface area contributed by atoms with Gasteiger partial charge < -0.3 is 19.7 Å². The molecule has 1 unspecified atom stereocenters. The molecule has 148 valence electrons. The first-order valence-corrected chi connectivity index (χ1v) is 10.4. The number of morpholine rings is 1. The highest BCUT2D eigenvalue weighted by Gasteiger charge is 2.30. The Morgan fingerprint density at radius 1 is 1.14 bits per heavy atom. The van der Waals surface area contributed by atoms with Gasteiger partial charge in [-0.1, -0.05) is 30.3 Å². The maximum absolute atomic E-state index is 13.3. The van der Waals surface area contributed by atoms with E-state index in [1.807, 2.05) is 37.3 Å². The lowest BCUT2D eigenvalue weighted by atomic mass is 10.1. The number of nitrogens with zero attached hydrogens (tertiary/aromatic N) is 1. The van der Waals surface area contributed by atoms with Gasteiger partial charge in [-0.15, -0.1) is 11.3 Å². The molecule has 1 N–H and O–H groups in total. The number of hydrogen-bond acceptors (Lipinski definition) is 5. The van der Waals surface area contributed by atoms with Gasteiger partial charge in [0.1, 0.15) is 11.1 Å². The molecule has 28 heavy (non-hydrogen) atoms. The summed E-state index contributed by atoms with van der Waals surface area (Å²) in [5.41, 5.74) is 2.52. The van der Waals surface area contributed by atoms with Crippen LogP contribution >= 0.6 is 11.3 Å². The number of carbonyl (C=O) groups is 2. The molecule has 3 heterocycles. The van der Waals surface area contributed by atoms with Crippen molar-refractivity contribution in [3.63, 3.8) is 0 Å². The van der Waals surface area contributed by atoms with Crippen molar-refractivity contribution < 1.29 is 19.1 Å². The van der Waals surface area contributed by atoms with E-state index in [2.05, 4.69) is 5.32 Å². The predicted molar refractivity (Wildman–Crippen MR) is 109 cm³/mol. The van der Waals surface area contributed by atoms with Crippen LogP contribution in [-0.4, -0.2) is 55.7 Å². The summed E-state index contributed by atoms with van der Waals surface area (Å²) in [4.78, 5) is 28.7. The van der Waals surface area contributed by atoms with Crippen LogP contribution in [0.1, 0.15) is 28.8 Å². The Balaban J connectivity index is 1.69. The molecule has 1 aromatic carbocycles. The topological polar surface area (TPSA) is 67.9 Å². The van der Waals surface area contributed by atoms with E-state index in [4.69, 9.17) is 9.47 Å². The molecule has 2 aliphatic heterocycles. The van der Waals surface area contributed by atoms with Crippen molar-refractivity contribution in [1.29, 1.82) is 0 Å². The fourth-order valence-corrected chi connectivity index (χ4v) is 4.83. The van der Waals surface area contributed by atoms with Gasteiger partial charge >= 0.3 is 0 Å². The van der Waals surface area contributed by atoms with E-state index in [1.54, 1.807) is 4.90 Å². The molecule has 7 heteroatoms. The van der Waals surface area contributed by atoms with Crippen molar-refractivity contribution in [2.45, 2.75) is 25.9 Å². The van der Waals surface area contributed by atoms with Gasteiger partial charge in [0.15, 0.2) is 0 Å². The van der Waals surface area contributed by atoms with Gasteiger partial charge in [-0.3, -0.25) is 9.59 Å². The van der Waals surface area contributed by atoms with Gasteiger partial charge in [-0.2, -0.15) is 0 Å². The second-order valence-electron chi connectivity index (χ2n) is 7.02. The van der Waals surface area contributed by atoms with E-state index in [-0.39, 0.29) is 11.8 Å². The fraction of sp³-hybridized carbons (Fsp3) is 0.429. The van der Waals surface area contributed by atoms with Crippen molar-refractivity contribution in [3.8, 4) is 10.4 Å². The highest BCUT2D eigenvalue weighted by molar-refractivity contribution is 7.20. The molecule has 0 bridgehead atoms. The largest absolute Gasteiger partial charge is 0.378 e. The van der Waals surface area contributed by atoms with Gasteiger partial charge in [0.25, 0.3) is 11.8 Å². The second-order valence-corrected chi connectivity index (χ2v) is 8.04. The van der Waals surface area contributed by atoms with Crippen LogP contribution in [0.4, 0.5) is 5.00 Å². The van der Waals surface area contributed by atoms with E-state index in [9.17, 15) is 9.59 Å². The first-order valence-electron chi connectivity index (χ1n) is 9.63. The average Bonchev–Trinajstić information content (AvgIpc) is 3.37. The van der Waals surface area contributed by atoms with Crippen LogP contribution in [-0.2, 0) is 14.3 Å². The molecule has 0 aliphatic carbocycles. The number of thiophene rings is 1. The number of rotatable bonds is 4. The van der Waals surface area contributed by atoms with E-state index in [0.717, 1.165) is 22.4 Å². The zero-order valence-electron chi connectivity index (χ0n) is 15.9. The third-order valence-electron chi connectivity index (χ3n) is 5.15. The lowest BCUT2D eigenvalue weighted by molar-refractivity contribution is -0.124. The average molecular weight is 401 g/mol. The summed E-state index contributed by atoms with van der Waals surface area (Å²) in [7, 11) is 0. The van der Waals surface area contributed by atoms with E-state index >= 15 is 0 Å². The Morgan fingerprint density at radius 3 is 2.57 bits per heavy atom. The molecule has 2 aliphatic rings. The number of nitrogens with one attached hydrogen (secondary N) is 1. The van der Waals surface area contributed by atoms with E-state index < -0.39 is 6.10 Å². The standard InChI is InChI=1S/C21H24N2O4S/c1-14-17(21(25)23-9-12-26-13-10-23)20(22-19(24)16-8-5-11-27-16)28-18(14)15-6-3-2-4-7-15/h2-4,6-7,16H,5,8-13H2,1H3,(H,22,24). The summed E-state index contributed by atoms with van der Waals surface area (Å²) in [5.74, 6) is -0.226. The van der Waals surface area contributed by atoms with Crippen LogP contribution in [0.3, 0.4) is 0 Å². The van der Waals surface area contributed by atoms with Crippen molar-refractivity contribution in [1.82, 2.24) is 4.90 Å². The minimum absolute atomic E-state index is 0.0538. The van der Waals surface area contributed by atoms with Crippen LogP contribution < -0.4 is 5.32 Å². The smallest absolute Gasteiger partial charge is 0.257 e. The molecule has 1 aromatic heterocycles. The van der Waals surface area contributed by atoms with Gasteiger partial charge in [0.2, 0.25) is 0 Å². The highest BCUT2D eigenvalue weighted by atomic mass is 32.1. The number of ether oxygens (including phenoxy) is 2. The zero-order chi connectivity index (χ0) is 19.5. The molecule has 0 saturated carbocycles. The fourth-order valence-electron chi connectivity index (χ4n) is 3.63. The van der Waals surface area contributed by atoms with Gasteiger partial charge in [-0.05, 0) is 30.9 Å². The van der Waals surface area contributed by atoms with Crippen molar-refractivity contribution in [3.05, 3.63) is 41.5 Å². The minimum atomic E-state index is -0.436. The maximum Gasteiger partial charge on any atom is 0.257 e. The first-order chi connectivity index (χ1) is 13.6. The normalized spacial score (nSPS) is 19.6. The third kappa shape index (κ3) is 3.83. The summed E-state index contributed by atoms with van der Waals surface area (Å²) >= 11 is 1.45. The molecule has 1 atom stereocenters. The number of carbonyl (C=O) groups excluding carboxylic acids is 2. The van der Waals surface area contributed by atoms with Crippen LogP contribution in [0.15, 0.2) is 30.3 Å². The molecule has 4 rings (SSSR count). The summed E-state index contributed by atoms with van der Waals surface area (Å²) in [6, 6.07) is 9.96. The van der Waals surface area contributed by atoms with Crippen LogP contribution in [0.2, 0.25) is 0 Å². The molecule has 2 saturated heterocycles. The van der Waals surface area contributed by atoms with Crippen LogP contribution in [0.25, 0.3) is 10.4 Å². The van der Waals surface area contributed by atoms with Gasteiger partial charge in [-0.25, -0.2) is 0 Å². The lowest BCUT2D eigenvalue weighted by Gasteiger charge is -2.27. The van der Waals surface area contributed by atoms with Crippen molar-refractivity contribution in [2.75, 3.05) is 38.2 Å². The summed E-state index contributed by atoms with van der Waals surface area (Å²) in [5, 5.41) is 3.58. The SMILES string of the molecule is Cc1c(-c2ccccc2)sc(NC(=O)C2CCCO2)c1C(=O)N1CCOCC1. The van der Waals surface area contributed by atoms with Crippen molar-refractivity contribution in [2.24, 2.45) is 0 Å². The summed E-state index contributed by atoms with van der Waals surface area (Å²) < 4.78 is 10.9. The number of hydrogen-bond donors (Lipinski definition) is 1. The maximum atomic E-state index is 13.3. The number of amides is 2. The predicted octanol–water partition coefficient (Wildman–Crippen LogP) is 3.31. The Morgan fingerprint density at radius 2 is 1.89 bits per heavy atom. The quantitative estimate of drug-likeness (QED) is 0.855. The molecule has 2 fully saturated rings. The van der Waals surface area contributed by atoms with Gasteiger partial charge in [0.05, 0.1) is 18.8 Å². The lowest BCUT2D eigenvalue weighted by Crippen LogP contribution is -2.41. The Labute approximate surface area is 168 Å². The highest BCUT2D eigenvalue weighted by Crippen LogP contribution is 2.40. The molecular weight excluding hydrogens is 376 g/mol. The van der Waals surface area contributed by atoms with Crippen LogP contribution in [0.5, 0.6) is 0 Å². The van der Waals surface area contributed by atoms with E-state index in [0.29, 0.717) is 49.9 Å². The number of benzene rings is 1. The Hall–Kier alpha value is -2.22. The zero-order valence-corrected chi connectivity index (χ0v) is 16.7. The molecular formula is C21H24N2O4S. The Bertz CT molecular complexity index is 853. The second kappa shape index (κ2) is 8.43. The monoisotopic (exact) mass is 400 g/mol. The van der Waals surface area contributed by atoms with Crippen molar-refractivity contribution >= 4 is 28.2 Å². The Kier molecular flexibility index (Phi) is 5.75. The molecule has 2 aromatic rings. The number of anilines is 1. The van der Waals surface area contributed by atoms with Gasteiger partial charge in [0, 0.05) is 24.6 Å². The minimum Gasteiger partial charge on any atom is -0.378 e. The molecule has 0 spiro atoms. The summed E-state index contributed by atoms with van der Waals surface area (Å²) in [6.45, 7) is 4.77. The first kappa shape index (κ1) is 19.1. The van der Waals surface area contributed by atoms with E-state index in [1.165, 1.54) is 11.3 Å². The summed E-state index contributed by atoms with van der Waals surface area (Å²) in [6.07, 6.45) is 1.17. The third-order valence-corrected chi connectivity index (χ3v) is 6.41. The molecule has 6 nitrogen and oxygen atoms in total. The molecule has 0 radical (unpaired) electrons. The molecule has 2 amide bonds. The van der Waals surface area contributed by atoms with Crippen LogP contribution in [0, 0.1) is 6.92 Å².